The SMILES string of the molecule is Cc1cnc2c(c1)nc(-c1ccncc1)n2CC#N. The van der Waals surface area contributed by atoms with Crippen LogP contribution in [0.15, 0.2) is 36.8 Å². The number of hydrogen-bond acceptors (Lipinski definition) is 4. The van der Waals surface area contributed by atoms with Gasteiger partial charge in [-0.1, -0.05) is 0 Å². The molecule has 0 saturated heterocycles. The lowest BCUT2D eigenvalue weighted by molar-refractivity contribution is 0.857. The first-order valence-corrected chi connectivity index (χ1v) is 5.90. The molecule has 5 nitrogen and oxygen atoms in total. The molecule has 5 heteroatoms. The van der Waals surface area contributed by atoms with Crippen molar-refractivity contribution in [3.63, 3.8) is 0 Å². The summed E-state index contributed by atoms with van der Waals surface area (Å²) in [6.45, 7) is 2.20. The molecule has 0 atom stereocenters. The molecule has 0 aliphatic carbocycles. The van der Waals surface area contributed by atoms with Crippen LogP contribution in [0.1, 0.15) is 5.56 Å². The smallest absolute Gasteiger partial charge is 0.161 e. The number of rotatable bonds is 2. The van der Waals surface area contributed by atoms with Gasteiger partial charge < -0.3 is 0 Å². The normalized spacial score (nSPS) is 10.5. The molecule has 0 saturated carbocycles. The lowest BCUT2D eigenvalue weighted by Gasteiger charge is -2.03. The van der Waals surface area contributed by atoms with Gasteiger partial charge in [0.2, 0.25) is 0 Å². The summed E-state index contributed by atoms with van der Waals surface area (Å²) in [5.74, 6) is 0.747. The maximum Gasteiger partial charge on any atom is 0.161 e. The second-order valence-corrected chi connectivity index (χ2v) is 4.27. The molecule has 0 N–H and O–H groups in total. The number of imidazole rings is 1. The first-order valence-electron chi connectivity index (χ1n) is 5.90. The zero-order valence-corrected chi connectivity index (χ0v) is 10.4. The highest BCUT2D eigenvalue weighted by molar-refractivity contribution is 5.77. The molecule has 3 heterocycles. The van der Waals surface area contributed by atoms with E-state index < -0.39 is 0 Å². The van der Waals surface area contributed by atoms with Crippen molar-refractivity contribution in [1.29, 1.82) is 5.26 Å². The maximum absolute atomic E-state index is 8.98. The molecular formula is C14H11N5. The van der Waals surface area contributed by atoms with E-state index in [1.165, 1.54) is 0 Å². The summed E-state index contributed by atoms with van der Waals surface area (Å²) in [6.07, 6.45) is 5.21. The van der Waals surface area contributed by atoms with E-state index in [0.717, 1.165) is 28.1 Å². The Kier molecular flexibility index (Phi) is 2.69. The Balaban J connectivity index is 2.29. The maximum atomic E-state index is 8.98. The Morgan fingerprint density at radius 3 is 2.84 bits per heavy atom. The lowest BCUT2D eigenvalue weighted by atomic mass is 10.2. The molecule has 3 aromatic heterocycles. The van der Waals surface area contributed by atoms with Gasteiger partial charge in [0.25, 0.3) is 0 Å². The van der Waals surface area contributed by atoms with Crippen molar-refractivity contribution in [1.82, 2.24) is 19.5 Å². The van der Waals surface area contributed by atoms with Crippen LogP contribution >= 0.6 is 0 Å². The van der Waals surface area contributed by atoms with E-state index in [0.29, 0.717) is 0 Å². The minimum Gasteiger partial charge on any atom is -0.295 e. The van der Waals surface area contributed by atoms with Crippen LogP contribution in [0.2, 0.25) is 0 Å². The molecule has 0 aromatic carbocycles. The Bertz CT molecular complexity index is 768. The molecule has 0 amide bonds. The third-order valence-electron chi connectivity index (χ3n) is 2.89. The molecule has 19 heavy (non-hydrogen) atoms. The van der Waals surface area contributed by atoms with Crippen LogP contribution in [-0.2, 0) is 6.54 Å². The summed E-state index contributed by atoms with van der Waals surface area (Å²) in [5, 5.41) is 8.98. The van der Waals surface area contributed by atoms with E-state index >= 15 is 0 Å². The van der Waals surface area contributed by atoms with Gasteiger partial charge in [-0.25, -0.2) is 9.97 Å². The number of nitrogens with zero attached hydrogens (tertiary/aromatic N) is 5. The van der Waals surface area contributed by atoms with Crippen molar-refractivity contribution < 1.29 is 0 Å². The molecule has 3 rings (SSSR count). The van der Waals surface area contributed by atoms with Crippen LogP contribution in [0.5, 0.6) is 0 Å². The first kappa shape index (κ1) is 11.4. The molecule has 0 aliphatic heterocycles. The molecular weight excluding hydrogens is 238 g/mol. The minimum atomic E-state index is 0.226. The van der Waals surface area contributed by atoms with E-state index in [4.69, 9.17) is 5.26 Å². The fraction of sp³-hybridized carbons (Fsp3) is 0.143. The topological polar surface area (TPSA) is 67.4 Å². The number of pyridine rings is 2. The van der Waals surface area contributed by atoms with Crippen molar-refractivity contribution in [2.45, 2.75) is 13.5 Å². The van der Waals surface area contributed by atoms with Gasteiger partial charge in [-0.2, -0.15) is 5.26 Å². The van der Waals surface area contributed by atoms with Crippen LogP contribution in [0.4, 0.5) is 0 Å². The minimum absolute atomic E-state index is 0.226. The highest BCUT2D eigenvalue weighted by Crippen LogP contribution is 2.23. The third-order valence-corrected chi connectivity index (χ3v) is 2.89. The lowest BCUT2D eigenvalue weighted by Crippen LogP contribution is -2.00. The van der Waals surface area contributed by atoms with Crippen LogP contribution in [-0.4, -0.2) is 19.5 Å². The van der Waals surface area contributed by atoms with Crippen molar-refractivity contribution >= 4 is 11.2 Å². The highest BCUT2D eigenvalue weighted by Gasteiger charge is 2.13. The number of fused-ring (bicyclic) bond motifs is 1. The molecule has 0 fully saturated rings. The number of aryl methyl sites for hydroxylation is 1. The number of hydrogen-bond donors (Lipinski definition) is 0. The quantitative estimate of drug-likeness (QED) is 0.699. The average molecular weight is 249 g/mol. The van der Waals surface area contributed by atoms with Crippen LogP contribution in [0.3, 0.4) is 0 Å². The van der Waals surface area contributed by atoms with Crippen molar-refractivity contribution in [2.24, 2.45) is 0 Å². The molecule has 92 valence electrons. The van der Waals surface area contributed by atoms with Gasteiger partial charge in [0.05, 0.1) is 6.07 Å². The van der Waals surface area contributed by atoms with E-state index in [1.54, 1.807) is 18.6 Å². The van der Waals surface area contributed by atoms with Gasteiger partial charge in [0.15, 0.2) is 5.65 Å². The van der Waals surface area contributed by atoms with Crippen LogP contribution in [0.25, 0.3) is 22.6 Å². The van der Waals surface area contributed by atoms with Crippen LogP contribution < -0.4 is 0 Å². The van der Waals surface area contributed by atoms with Crippen molar-refractivity contribution in [2.75, 3.05) is 0 Å². The molecule has 3 aromatic rings. The summed E-state index contributed by atoms with van der Waals surface area (Å²) in [5.41, 5.74) is 3.53. The van der Waals surface area contributed by atoms with Gasteiger partial charge in [-0.15, -0.1) is 0 Å². The fourth-order valence-corrected chi connectivity index (χ4v) is 2.05. The summed E-state index contributed by atoms with van der Waals surface area (Å²) < 4.78 is 1.82. The zero-order valence-electron chi connectivity index (χ0n) is 10.4. The van der Waals surface area contributed by atoms with Gasteiger partial charge in [-0.05, 0) is 30.7 Å². The highest BCUT2D eigenvalue weighted by atomic mass is 15.1. The van der Waals surface area contributed by atoms with Gasteiger partial charge >= 0.3 is 0 Å². The molecule has 0 spiro atoms. The summed E-state index contributed by atoms with van der Waals surface area (Å²) in [7, 11) is 0. The predicted molar refractivity (Wildman–Crippen MR) is 71.1 cm³/mol. The van der Waals surface area contributed by atoms with Crippen molar-refractivity contribution in [3.8, 4) is 17.5 Å². The second-order valence-electron chi connectivity index (χ2n) is 4.27. The zero-order chi connectivity index (χ0) is 13.2. The van der Waals surface area contributed by atoms with Crippen LogP contribution in [0, 0.1) is 18.3 Å². The summed E-state index contributed by atoms with van der Waals surface area (Å²) in [4.78, 5) is 13.0. The Morgan fingerprint density at radius 2 is 2.11 bits per heavy atom. The molecule has 0 unspecified atom stereocenters. The Morgan fingerprint density at radius 1 is 1.32 bits per heavy atom. The monoisotopic (exact) mass is 249 g/mol. The molecule has 0 aliphatic rings. The van der Waals surface area contributed by atoms with E-state index in [-0.39, 0.29) is 6.54 Å². The summed E-state index contributed by atoms with van der Waals surface area (Å²) in [6, 6.07) is 7.88. The van der Waals surface area contributed by atoms with Gasteiger partial charge in [-0.3, -0.25) is 9.55 Å². The molecule has 0 bridgehead atoms. The van der Waals surface area contributed by atoms with E-state index in [9.17, 15) is 0 Å². The second kappa shape index (κ2) is 4.50. The number of nitriles is 1. The molecule has 0 radical (unpaired) electrons. The number of aromatic nitrogens is 4. The van der Waals surface area contributed by atoms with Gasteiger partial charge in [0.1, 0.15) is 17.9 Å². The predicted octanol–water partition coefficient (Wildman–Crippen LogP) is 2.33. The third kappa shape index (κ3) is 1.93. The Hall–Kier alpha value is -2.74. The van der Waals surface area contributed by atoms with Gasteiger partial charge in [0, 0.05) is 24.2 Å². The average Bonchev–Trinajstić information content (AvgIpc) is 2.78. The van der Waals surface area contributed by atoms with E-state index in [2.05, 4.69) is 21.0 Å². The Labute approximate surface area is 110 Å². The fourth-order valence-electron chi connectivity index (χ4n) is 2.05. The van der Waals surface area contributed by atoms with E-state index in [1.807, 2.05) is 29.7 Å². The van der Waals surface area contributed by atoms with Crippen molar-refractivity contribution in [3.05, 3.63) is 42.4 Å². The largest absolute Gasteiger partial charge is 0.295 e. The summed E-state index contributed by atoms with van der Waals surface area (Å²) >= 11 is 0. The standard InChI is InChI=1S/C14H11N5/c1-10-8-12-14(17-9-10)19(7-4-15)13(18-12)11-2-5-16-6-3-11/h2-3,5-6,8-9H,7H2,1H3. The first-order chi connectivity index (χ1) is 9.29.